The molecular formula is C17H23NO3. The first kappa shape index (κ1) is 14.4. The Morgan fingerprint density at radius 2 is 1.76 bits per heavy atom. The summed E-state index contributed by atoms with van der Waals surface area (Å²) in [7, 11) is 3.16. The van der Waals surface area contributed by atoms with Crippen LogP contribution in [-0.4, -0.2) is 25.2 Å². The number of pyridine rings is 1. The number of nitrogens with zero attached hydrogens (tertiary/aromatic N) is 1. The first-order chi connectivity index (χ1) is 10.1. The number of methoxy groups -OCH3 is 2. The van der Waals surface area contributed by atoms with Gasteiger partial charge in [0.15, 0.2) is 0 Å². The molecule has 2 bridgehead atoms. The lowest BCUT2D eigenvalue weighted by molar-refractivity contribution is -0.160. The Bertz CT molecular complexity index is 543. The van der Waals surface area contributed by atoms with Gasteiger partial charge in [-0.25, -0.2) is 4.98 Å². The summed E-state index contributed by atoms with van der Waals surface area (Å²) in [6.07, 6.45) is 7.92. The first-order valence-electron chi connectivity index (χ1n) is 7.65. The van der Waals surface area contributed by atoms with Crippen LogP contribution < -0.4 is 4.74 Å². The number of aromatic nitrogens is 1. The smallest absolute Gasteiger partial charge is 0.311 e. The Kier molecular flexibility index (Phi) is 3.42. The number of hydrogen-bond acceptors (Lipinski definition) is 4. The van der Waals surface area contributed by atoms with E-state index in [-0.39, 0.29) is 16.8 Å². The second kappa shape index (κ2) is 5.00. The summed E-state index contributed by atoms with van der Waals surface area (Å²) >= 11 is 0. The largest absolute Gasteiger partial charge is 0.481 e. The third-order valence-corrected chi connectivity index (χ3v) is 5.70. The van der Waals surface area contributed by atoms with Crippen LogP contribution in [0.3, 0.4) is 0 Å². The molecule has 0 amide bonds. The number of rotatable bonds is 3. The van der Waals surface area contributed by atoms with Crippen molar-refractivity contribution in [2.45, 2.75) is 50.9 Å². The molecule has 4 rings (SSSR count). The molecule has 4 nitrogen and oxygen atoms in total. The van der Waals surface area contributed by atoms with Gasteiger partial charge in [0.1, 0.15) is 0 Å². The van der Waals surface area contributed by atoms with Crippen LogP contribution >= 0.6 is 0 Å². The summed E-state index contributed by atoms with van der Waals surface area (Å²) in [6.45, 7) is 2.04. The minimum Gasteiger partial charge on any atom is -0.481 e. The lowest BCUT2D eigenvalue weighted by atomic mass is 9.52. The maximum atomic E-state index is 12.1. The van der Waals surface area contributed by atoms with Gasteiger partial charge < -0.3 is 9.47 Å². The van der Waals surface area contributed by atoms with Gasteiger partial charge in [-0.05, 0) is 62.5 Å². The minimum atomic E-state index is -0.217. The SMILES string of the molecule is COC(=O)C12CCC(c3cnc(OC)c(C)c3)(CC1)CC2. The molecule has 0 radical (unpaired) electrons. The zero-order valence-electron chi connectivity index (χ0n) is 13.1. The van der Waals surface area contributed by atoms with Crippen molar-refractivity contribution in [2.24, 2.45) is 5.41 Å². The average molecular weight is 289 g/mol. The molecule has 0 unspecified atom stereocenters. The van der Waals surface area contributed by atoms with E-state index in [0.717, 1.165) is 44.1 Å². The van der Waals surface area contributed by atoms with Gasteiger partial charge in [0.05, 0.1) is 19.6 Å². The topological polar surface area (TPSA) is 48.4 Å². The monoisotopic (exact) mass is 289 g/mol. The molecule has 114 valence electrons. The molecule has 0 aromatic carbocycles. The van der Waals surface area contributed by atoms with Crippen molar-refractivity contribution < 1.29 is 14.3 Å². The summed E-state index contributed by atoms with van der Waals surface area (Å²) in [5.41, 5.74) is 2.37. The Morgan fingerprint density at radius 1 is 1.14 bits per heavy atom. The van der Waals surface area contributed by atoms with Crippen LogP contribution in [-0.2, 0) is 14.9 Å². The predicted molar refractivity (Wildman–Crippen MR) is 79.4 cm³/mol. The standard InChI is InChI=1S/C17H23NO3/c1-12-10-13(11-18-14(12)20-2)16-4-7-17(8-5-16,9-6-16)15(19)21-3/h10-11H,4-9H2,1-3H3. The lowest BCUT2D eigenvalue weighted by Crippen LogP contribution is -2.48. The molecule has 0 N–H and O–H groups in total. The molecule has 3 saturated carbocycles. The lowest BCUT2D eigenvalue weighted by Gasteiger charge is -2.52. The quantitative estimate of drug-likeness (QED) is 0.802. The van der Waals surface area contributed by atoms with E-state index in [1.54, 1.807) is 7.11 Å². The summed E-state index contributed by atoms with van der Waals surface area (Å²) in [5, 5.41) is 0. The first-order valence-corrected chi connectivity index (χ1v) is 7.65. The number of carbonyl (C=O) groups is 1. The number of ether oxygens (including phenoxy) is 2. The number of hydrogen-bond donors (Lipinski definition) is 0. The van der Waals surface area contributed by atoms with Crippen LogP contribution in [0.4, 0.5) is 0 Å². The third-order valence-electron chi connectivity index (χ3n) is 5.70. The Morgan fingerprint density at radius 3 is 2.24 bits per heavy atom. The molecule has 21 heavy (non-hydrogen) atoms. The Balaban J connectivity index is 1.86. The van der Waals surface area contributed by atoms with Crippen molar-refractivity contribution in [3.63, 3.8) is 0 Å². The van der Waals surface area contributed by atoms with E-state index in [4.69, 9.17) is 9.47 Å². The fourth-order valence-corrected chi connectivity index (χ4v) is 4.21. The maximum absolute atomic E-state index is 12.1. The van der Waals surface area contributed by atoms with Crippen molar-refractivity contribution in [1.82, 2.24) is 4.98 Å². The minimum absolute atomic E-state index is 0.0140. The number of fused-ring (bicyclic) bond motifs is 3. The molecule has 3 aliphatic rings. The van der Waals surface area contributed by atoms with Crippen LogP contribution in [0.1, 0.15) is 49.7 Å². The van der Waals surface area contributed by atoms with Crippen molar-refractivity contribution in [1.29, 1.82) is 0 Å². The summed E-state index contributed by atoms with van der Waals surface area (Å²) in [6, 6.07) is 2.21. The number of esters is 1. The normalized spacial score (nSPS) is 31.0. The van der Waals surface area contributed by atoms with Gasteiger partial charge in [-0.15, -0.1) is 0 Å². The van der Waals surface area contributed by atoms with Gasteiger partial charge in [0.25, 0.3) is 0 Å². The highest BCUT2D eigenvalue weighted by atomic mass is 16.5. The highest BCUT2D eigenvalue weighted by Crippen LogP contribution is 2.58. The molecule has 3 fully saturated rings. The molecule has 0 saturated heterocycles. The van der Waals surface area contributed by atoms with Gasteiger partial charge in [0, 0.05) is 11.8 Å². The summed E-state index contributed by atoms with van der Waals surface area (Å²) < 4.78 is 10.3. The van der Waals surface area contributed by atoms with Crippen LogP contribution in [0.25, 0.3) is 0 Å². The summed E-state index contributed by atoms with van der Waals surface area (Å²) in [4.78, 5) is 16.5. The molecular weight excluding hydrogens is 266 g/mol. The zero-order chi connectivity index (χ0) is 15.1. The van der Waals surface area contributed by atoms with E-state index >= 15 is 0 Å². The van der Waals surface area contributed by atoms with Crippen molar-refractivity contribution >= 4 is 5.97 Å². The van der Waals surface area contributed by atoms with E-state index in [9.17, 15) is 4.79 Å². The van der Waals surface area contributed by atoms with E-state index in [1.807, 2.05) is 13.1 Å². The van der Waals surface area contributed by atoms with Crippen LogP contribution in [0.15, 0.2) is 12.3 Å². The fraction of sp³-hybridized carbons (Fsp3) is 0.647. The zero-order valence-corrected chi connectivity index (χ0v) is 13.1. The highest BCUT2D eigenvalue weighted by molar-refractivity contribution is 5.77. The molecule has 1 heterocycles. The average Bonchev–Trinajstić information content (AvgIpc) is 2.55. The highest BCUT2D eigenvalue weighted by Gasteiger charge is 2.53. The van der Waals surface area contributed by atoms with Crippen molar-refractivity contribution in [3.05, 3.63) is 23.4 Å². The van der Waals surface area contributed by atoms with E-state index in [2.05, 4.69) is 11.1 Å². The molecule has 0 spiro atoms. The molecule has 1 aromatic rings. The van der Waals surface area contributed by atoms with Crippen LogP contribution in [0, 0.1) is 12.3 Å². The molecule has 1 aromatic heterocycles. The van der Waals surface area contributed by atoms with Gasteiger partial charge in [-0.2, -0.15) is 0 Å². The molecule has 0 aliphatic heterocycles. The van der Waals surface area contributed by atoms with Gasteiger partial charge in [0.2, 0.25) is 5.88 Å². The third kappa shape index (κ3) is 2.12. The van der Waals surface area contributed by atoms with Gasteiger partial charge in [-0.1, -0.05) is 0 Å². The second-order valence-electron chi connectivity index (χ2n) is 6.60. The van der Waals surface area contributed by atoms with Crippen molar-refractivity contribution in [2.75, 3.05) is 14.2 Å². The van der Waals surface area contributed by atoms with Gasteiger partial charge >= 0.3 is 5.97 Å². The van der Waals surface area contributed by atoms with Gasteiger partial charge in [-0.3, -0.25) is 4.79 Å². The van der Waals surface area contributed by atoms with E-state index in [0.29, 0.717) is 5.88 Å². The Labute approximate surface area is 125 Å². The Hall–Kier alpha value is -1.58. The number of aryl methyl sites for hydroxylation is 1. The van der Waals surface area contributed by atoms with Crippen molar-refractivity contribution in [3.8, 4) is 5.88 Å². The summed E-state index contributed by atoms with van der Waals surface area (Å²) in [5.74, 6) is 0.686. The molecule has 3 aliphatic carbocycles. The van der Waals surface area contributed by atoms with Crippen LogP contribution in [0.5, 0.6) is 5.88 Å². The predicted octanol–water partition coefficient (Wildman–Crippen LogP) is 3.16. The fourth-order valence-electron chi connectivity index (χ4n) is 4.21. The number of carbonyl (C=O) groups excluding carboxylic acids is 1. The van der Waals surface area contributed by atoms with Crippen LogP contribution in [0.2, 0.25) is 0 Å². The molecule has 4 heteroatoms. The second-order valence-corrected chi connectivity index (χ2v) is 6.60. The van der Waals surface area contributed by atoms with E-state index < -0.39 is 0 Å². The maximum Gasteiger partial charge on any atom is 0.311 e. The molecule has 0 atom stereocenters. The van der Waals surface area contributed by atoms with E-state index in [1.165, 1.54) is 12.7 Å².